The first kappa shape index (κ1) is 20.0. The quantitative estimate of drug-likeness (QED) is 0.570. The Labute approximate surface area is 176 Å². The molecule has 1 unspecified atom stereocenters. The van der Waals surface area contributed by atoms with Crippen LogP contribution in [-0.4, -0.2) is 48.7 Å². The van der Waals surface area contributed by atoms with E-state index in [-0.39, 0.29) is 5.91 Å². The van der Waals surface area contributed by atoms with E-state index in [1.54, 1.807) is 6.07 Å². The number of amides is 1. The number of hydrogen-bond donors (Lipinski definition) is 2. The number of ether oxygens (including phenoxy) is 1. The summed E-state index contributed by atoms with van der Waals surface area (Å²) in [6.07, 6.45) is 2.70. The molecule has 1 aliphatic rings. The summed E-state index contributed by atoms with van der Waals surface area (Å²) in [6.45, 7) is 2.84. The number of aromatic nitrogens is 1. The highest BCUT2D eigenvalue weighted by Gasteiger charge is 2.25. The van der Waals surface area contributed by atoms with Gasteiger partial charge in [-0.05, 0) is 49.2 Å². The summed E-state index contributed by atoms with van der Waals surface area (Å²) in [7, 11) is 4.47. The Morgan fingerprint density at radius 2 is 2.00 bits per heavy atom. The van der Waals surface area contributed by atoms with Crippen LogP contribution in [0.5, 0.6) is 0 Å². The molecular formula is C23H27ClN3O2+. The van der Waals surface area contributed by atoms with E-state index in [1.807, 2.05) is 30.3 Å². The third-order valence-electron chi connectivity index (χ3n) is 5.37. The van der Waals surface area contributed by atoms with Gasteiger partial charge in [0.05, 0.1) is 14.1 Å². The number of benzene rings is 2. The van der Waals surface area contributed by atoms with Crippen LogP contribution in [0, 0.1) is 0 Å². The zero-order valence-corrected chi connectivity index (χ0v) is 17.6. The Morgan fingerprint density at radius 3 is 2.72 bits per heavy atom. The molecule has 5 nitrogen and oxygen atoms in total. The molecule has 2 heterocycles. The van der Waals surface area contributed by atoms with Crippen molar-refractivity contribution in [2.75, 3.05) is 32.6 Å². The lowest BCUT2D eigenvalue weighted by Gasteiger charge is -2.32. The summed E-state index contributed by atoms with van der Waals surface area (Å²) in [4.78, 5) is 15.7. The largest absolute Gasteiger partial charge is 0.372 e. The highest BCUT2D eigenvalue weighted by Crippen LogP contribution is 2.22. The van der Waals surface area contributed by atoms with Crippen molar-refractivity contribution in [3.05, 3.63) is 64.8 Å². The van der Waals surface area contributed by atoms with Gasteiger partial charge in [-0.15, -0.1) is 0 Å². The van der Waals surface area contributed by atoms with Crippen LogP contribution in [-0.2, 0) is 11.3 Å². The third-order valence-corrected chi connectivity index (χ3v) is 5.61. The van der Waals surface area contributed by atoms with Crippen molar-refractivity contribution < 1.29 is 14.0 Å². The number of quaternary nitrogens is 1. The van der Waals surface area contributed by atoms with Crippen LogP contribution in [0.1, 0.15) is 28.9 Å². The predicted octanol–water partition coefficient (Wildman–Crippen LogP) is 4.83. The van der Waals surface area contributed by atoms with Crippen LogP contribution in [0.25, 0.3) is 10.9 Å². The fourth-order valence-corrected chi connectivity index (χ4v) is 4.20. The standard InChI is InChI=1S/C23H26ClN3O2/c1-27(2,15-20-4-3-11-29-20)14-16-5-8-19(9-6-16)25-23(28)22-13-17-12-18(24)7-10-21(17)26-22/h5-10,12-13,20H,3-4,11,14-15H2,1-2H3,(H-,25,26,28)/p+1. The zero-order chi connectivity index (χ0) is 20.4. The minimum atomic E-state index is -0.167. The molecule has 0 spiro atoms. The normalized spacial score (nSPS) is 17.0. The lowest BCUT2D eigenvalue weighted by Crippen LogP contribution is -2.44. The van der Waals surface area contributed by atoms with Gasteiger partial charge in [0.2, 0.25) is 0 Å². The van der Waals surface area contributed by atoms with Gasteiger partial charge < -0.3 is 19.5 Å². The molecule has 1 aliphatic heterocycles. The molecular weight excluding hydrogens is 386 g/mol. The molecule has 1 atom stereocenters. The maximum atomic E-state index is 12.6. The molecule has 152 valence electrons. The van der Waals surface area contributed by atoms with Gasteiger partial charge in [0.15, 0.2) is 0 Å². The lowest BCUT2D eigenvalue weighted by molar-refractivity contribution is -0.906. The van der Waals surface area contributed by atoms with Crippen molar-refractivity contribution in [2.24, 2.45) is 0 Å². The first-order chi connectivity index (χ1) is 13.9. The Hall–Kier alpha value is -2.34. The first-order valence-corrected chi connectivity index (χ1v) is 10.4. The minimum Gasteiger partial charge on any atom is -0.372 e. The van der Waals surface area contributed by atoms with Crippen molar-refractivity contribution in [3.8, 4) is 0 Å². The van der Waals surface area contributed by atoms with Crippen molar-refractivity contribution in [1.82, 2.24) is 4.98 Å². The number of aromatic amines is 1. The van der Waals surface area contributed by atoms with Crippen molar-refractivity contribution >= 4 is 34.1 Å². The molecule has 0 radical (unpaired) electrons. The monoisotopic (exact) mass is 412 g/mol. The van der Waals surface area contributed by atoms with Crippen molar-refractivity contribution in [1.29, 1.82) is 0 Å². The van der Waals surface area contributed by atoms with Crippen LogP contribution in [0.2, 0.25) is 5.02 Å². The number of carbonyl (C=O) groups excluding carboxylic acids is 1. The van der Waals surface area contributed by atoms with E-state index >= 15 is 0 Å². The molecule has 0 saturated carbocycles. The van der Waals surface area contributed by atoms with Crippen LogP contribution < -0.4 is 5.32 Å². The number of nitrogens with zero attached hydrogens (tertiary/aromatic N) is 1. The second-order valence-corrected chi connectivity index (χ2v) is 8.91. The SMILES string of the molecule is C[N+](C)(Cc1ccc(NC(=O)c2cc3cc(Cl)ccc3[nH]2)cc1)CC1CCCO1. The number of anilines is 1. The maximum absolute atomic E-state index is 12.6. The molecule has 2 aromatic carbocycles. The van der Waals surface area contributed by atoms with Gasteiger partial charge in [-0.2, -0.15) is 0 Å². The Morgan fingerprint density at radius 1 is 1.21 bits per heavy atom. The molecule has 2 N–H and O–H groups in total. The van der Waals surface area contributed by atoms with E-state index in [2.05, 4.69) is 36.5 Å². The maximum Gasteiger partial charge on any atom is 0.272 e. The van der Waals surface area contributed by atoms with Crippen molar-refractivity contribution in [2.45, 2.75) is 25.5 Å². The number of hydrogen-bond acceptors (Lipinski definition) is 2. The average molecular weight is 413 g/mol. The molecule has 29 heavy (non-hydrogen) atoms. The summed E-state index contributed by atoms with van der Waals surface area (Å²) in [5.41, 5.74) is 3.42. The molecule has 4 rings (SSSR count). The third kappa shape index (κ3) is 4.99. The van der Waals surface area contributed by atoms with Crippen LogP contribution in [0.15, 0.2) is 48.5 Å². The highest BCUT2D eigenvalue weighted by atomic mass is 35.5. The second-order valence-electron chi connectivity index (χ2n) is 8.48. The number of carbonyl (C=O) groups is 1. The molecule has 0 bridgehead atoms. The average Bonchev–Trinajstić information content (AvgIpc) is 3.31. The van der Waals surface area contributed by atoms with E-state index in [0.29, 0.717) is 16.8 Å². The Balaban J connectivity index is 1.38. The second kappa shape index (κ2) is 8.19. The minimum absolute atomic E-state index is 0.167. The summed E-state index contributed by atoms with van der Waals surface area (Å²) >= 11 is 6.02. The Kier molecular flexibility index (Phi) is 5.63. The number of nitrogens with one attached hydrogen (secondary N) is 2. The van der Waals surface area contributed by atoms with Gasteiger partial charge in [-0.1, -0.05) is 23.7 Å². The zero-order valence-electron chi connectivity index (χ0n) is 16.9. The van der Waals surface area contributed by atoms with E-state index in [0.717, 1.165) is 47.2 Å². The van der Waals surface area contributed by atoms with Crippen molar-refractivity contribution in [3.63, 3.8) is 0 Å². The fourth-order valence-electron chi connectivity index (χ4n) is 4.02. The number of halogens is 1. The number of H-pyrrole nitrogens is 1. The topological polar surface area (TPSA) is 54.1 Å². The van der Waals surface area contributed by atoms with Gasteiger partial charge in [0.25, 0.3) is 5.91 Å². The van der Waals surface area contributed by atoms with E-state index in [1.165, 1.54) is 12.0 Å². The highest BCUT2D eigenvalue weighted by molar-refractivity contribution is 6.31. The van der Waals surface area contributed by atoms with Crippen LogP contribution in [0.4, 0.5) is 5.69 Å². The van der Waals surface area contributed by atoms with Crippen LogP contribution >= 0.6 is 11.6 Å². The van der Waals surface area contributed by atoms with Gasteiger partial charge in [0, 0.05) is 33.8 Å². The van der Waals surface area contributed by atoms with E-state index < -0.39 is 0 Å². The van der Waals surface area contributed by atoms with Gasteiger partial charge in [-0.25, -0.2) is 0 Å². The number of fused-ring (bicyclic) bond motifs is 1. The summed E-state index contributed by atoms with van der Waals surface area (Å²) in [6, 6.07) is 15.4. The number of likely N-dealkylation sites (N-methyl/N-ethyl adjacent to an activating group) is 1. The predicted molar refractivity (Wildman–Crippen MR) is 117 cm³/mol. The summed E-state index contributed by atoms with van der Waals surface area (Å²) < 4.78 is 6.67. The molecule has 1 saturated heterocycles. The Bertz CT molecular complexity index is 1000. The molecule has 6 heteroatoms. The summed E-state index contributed by atoms with van der Waals surface area (Å²) in [5.74, 6) is -0.167. The molecule has 1 fully saturated rings. The van der Waals surface area contributed by atoms with E-state index in [4.69, 9.17) is 16.3 Å². The smallest absolute Gasteiger partial charge is 0.272 e. The molecule has 3 aromatic rings. The molecule has 0 aliphatic carbocycles. The van der Waals surface area contributed by atoms with Crippen LogP contribution in [0.3, 0.4) is 0 Å². The summed E-state index contributed by atoms with van der Waals surface area (Å²) in [5, 5.41) is 4.53. The van der Waals surface area contributed by atoms with E-state index in [9.17, 15) is 4.79 Å². The van der Waals surface area contributed by atoms with Gasteiger partial charge in [-0.3, -0.25) is 4.79 Å². The molecule has 1 aromatic heterocycles. The fraction of sp³-hybridized carbons (Fsp3) is 0.348. The number of rotatable bonds is 6. The molecule has 1 amide bonds. The first-order valence-electron chi connectivity index (χ1n) is 10.0. The van der Waals surface area contributed by atoms with Gasteiger partial charge >= 0.3 is 0 Å². The van der Waals surface area contributed by atoms with Gasteiger partial charge in [0.1, 0.15) is 24.9 Å². The lowest BCUT2D eigenvalue weighted by atomic mass is 10.1.